The molecule has 1 N–H and O–H groups in total. The average molecular weight is 253 g/mol. The Morgan fingerprint density at radius 3 is 2.44 bits per heavy atom. The van der Waals surface area contributed by atoms with E-state index in [9.17, 15) is 4.79 Å². The van der Waals surface area contributed by atoms with Crippen molar-refractivity contribution in [2.75, 3.05) is 26.3 Å². The predicted octanol–water partition coefficient (Wildman–Crippen LogP) is 1.03. The molecule has 2 aliphatic carbocycles. The minimum Gasteiger partial charge on any atom is -0.394 e. The van der Waals surface area contributed by atoms with Crippen molar-refractivity contribution in [1.29, 1.82) is 0 Å². The molecule has 1 amide bonds. The molecular formula is C14H23NO3. The molecule has 18 heavy (non-hydrogen) atoms. The van der Waals surface area contributed by atoms with Gasteiger partial charge < -0.3 is 14.7 Å². The van der Waals surface area contributed by atoms with Crippen molar-refractivity contribution in [2.45, 2.75) is 38.2 Å². The minimum atomic E-state index is 0.0873. The molecule has 1 aliphatic heterocycles. The van der Waals surface area contributed by atoms with E-state index < -0.39 is 0 Å². The second-order valence-electron chi connectivity index (χ2n) is 6.04. The molecule has 2 saturated carbocycles. The van der Waals surface area contributed by atoms with E-state index in [-0.39, 0.29) is 12.7 Å². The second-order valence-corrected chi connectivity index (χ2v) is 6.04. The Kier molecular flexibility index (Phi) is 3.57. The SMILES string of the molecule is O=C(C1CC2CC2C1)N1CCC(OCCO)CC1. The molecule has 2 unspecified atom stereocenters. The fourth-order valence-electron chi connectivity index (χ4n) is 3.64. The first-order valence-electron chi connectivity index (χ1n) is 7.29. The number of hydrogen-bond donors (Lipinski definition) is 1. The summed E-state index contributed by atoms with van der Waals surface area (Å²) < 4.78 is 5.52. The number of nitrogens with zero attached hydrogens (tertiary/aromatic N) is 1. The first-order chi connectivity index (χ1) is 8.78. The van der Waals surface area contributed by atoms with Gasteiger partial charge in [-0.3, -0.25) is 4.79 Å². The van der Waals surface area contributed by atoms with Crippen LogP contribution in [0.1, 0.15) is 32.1 Å². The van der Waals surface area contributed by atoms with Crippen LogP contribution in [0.25, 0.3) is 0 Å². The molecule has 1 saturated heterocycles. The van der Waals surface area contributed by atoms with Crippen LogP contribution < -0.4 is 0 Å². The summed E-state index contributed by atoms with van der Waals surface area (Å²) in [6, 6.07) is 0. The molecule has 102 valence electrons. The predicted molar refractivity (Wildman–Crippen MR) is 67.0 cm³/mol. The standard InChI is InChI=1S/C14H23NO3/c16-5-6-18-13-1-3-15(4-2-13)14(17)12-8-10-7-11(10)9-12/h10-13,16H,1-9H2. The van der Waals surface area contributed by atoms with Crippen LogP contribution in [0, 0.1) is 17.8 Å². The Morgan fingerprint density at radius 1 is 1.17 bits per heavy atom. The maximum Gasteiger partial charge on any atom is 0.225 e. The summed E-state index contributed by atoms with van der Waals surface area (Å²) in [4.78, 5) is 14.4. The topological polar surface area (TPSA) is 49.8 Å². The summed E-state index contributed by atoms with van der Waals surface area (Å²) in [5.74, 6) is 2.47. The van der Waals surface area contributed by atoms with Crippen molar-refractivity contribution in [2.24, 2.45) is 17.8 Å². The Labute approximate surface area is 108 Å². The molecule has 1 heterocycles. The lowest BCUT2D eigenvalue weighted by atomic mass is 9.99. The third-order valence-corrected chi connectivity index (χ3v) is 4.79. The van der Waals surface area contributed by atoms with Crippen molar-refractivity contribution in [1.82, 2.24) is 4.90 Å². The molecule has 3 aliphatic rings. The monoisotopic (exact) mass is 253 g/mol. The van der Waals surface area contributed by atoms with Gasteiger partial charge in [0, 0.05) is 19.0 Å². The van der Waals surface area contributed by atoms with Gasteiger partial charge in [0.2, 0.25) is 5.91 Å². The van der Waals surface area contributed by atoms with Crippen LogP contribution in [0.4, 0.5) is 0 Å². The van der Waals surface area contributed by atoms with Gasteiger partial charge in [0.25, 0.3) is 0 Å². The molecule has 3 rings (SSSR count). The number of fused-ring (bicyclic) bond motifs is 1. The lowest BCUT2D eigenvalue weighted by Gasteiger charge is -2.33. The second kappa shape index (κ2) is 5.17. The molecule has 3 fully saturated rings. The minimum absolute atomic E-state index is 0.0873. The normalized spacial score (nSPS) is 35.6. The lowest BCUT2D eigenvalue weighted by molar-refractivity contribution is -0.138. The van der Waals surface area contributed by atoms with E-state index in [1.54, 1.807) is 0 Å². The zero-order valence-corrected chi connectivity index (χ0v) is 10.9. The summed E-state index contributed by atoms with van der Waals surface area (Å²) in [6.45, 7) is 2.18. The number of carbonyl (C=O) groups excluding carboxylic acids is 1. The molecule has 0 radical (unpaired) electrons. The van der Waals surface area contributed by atoms with Gasteiger partial charge in [-0.05, 0) is 43.9 Å². The van der Waals surface area contributed by atoms with Crippen molar-refractivity contribution in [3.63, 3.8) is 0 Å². The Balaban J connectivity index is 1.43. The molecule has 4 heteroatoms. The van der Waals surface area contributed by atoms with Gasteiger partial charge in [0.05, 0.1) is 19.3 Å². The van der Waals surface area contributed by atoms with Crippen LogP contribution in [0.15, 0.2) is 0 Å². The molecule has 0 aromatic heterocycles. The van der Waals surface area contributed by atoms with Gasteiger partial charge in [-0.15, -0.1) is 0 Å². The maximum absolute atomic E-state index is 12.3. The maximum atomic E-state index is 12.3. The number of aliphatic hydroxyl groups is 1. The molecule has 2 atom stereocenters. The van der Waals surface area contributed by atoms with Crippen LogP contribution in [0.2, 0.25) is 0 Å². The van der Waals surface area contributed by atoms with Crippen molar-refractivity contribution in [3.05, 3.63) is 0 Å². The van der Waals surface area contributed by atoms with Crippen LogP contribution in [0.3, 0.4) is 0 Å². The average Bonchev–Trinajstić information content (AvgIpc) is 3.03. The first kappa shape index (κ1) is 12.4. The third kappa shape index (κ3) is 2.54. The van der Waals surface area contributed by atoms with E-state index in [2.05, 4.69) is 0 Å². The number of ether oxygens (including phenoxy) is 1. The zero-order chi connectivity index (χ0) is 12.5. The van der Waals surface area contributed by atoms with Crippen LogP contribution >= 0.6 is 0 Å². The molecule has 0 aromatic carbocycles. The van der Waals surface area contributed by atoms with Crippen LogP contribution in [-0.4, -0.2) is 48.3 Å². The fourth-order valence-corrected chi connectivity index (χ4v) is 3.64. The van der Waals surface area contributed by atoms with Gasteiger partial charge in [-0.1, -0.05) is 0 Å². The number of likely N-dealkylation sites (tertiary alicyclic amines) is 1. The highest BCUT2D eigenvalue weighted by molar-refractivity contribution is 5.79. The Bertz CT molecular complexity index is 302. The highest BCUT2D eigenvalue weighted by Crippen LogP contribution is 2.54. The molecular weight excluding hydrogens is 230 g/mol. The summed E-state index contributed by atoms with van der Waals surface area (Å²) >= 11 is 0. The third-order valence-electron chi connectivity index (χ3n) is 4.79. The number of piperidine rings is 1. The highest BCUT2D eigenvalue weighted by atomic mass is 16.5. The fraction of sp³-hybridized carbons (Fsp3) is 0.929. The number of hydrogen-bond acceptors (Lipinski definition) is 3. The van der Waals surface area contributed by atoms with Crippen LogP contribution in [-0.2, 0) is 9.53 Å². The number of aliphatic hydroxyl groups excluding tert-OH is 1. The van der Waals surface area contributed by atoms with E-state index in [4.69, 9.17) is 9.84 Å². The van der Waals surface area contributed by atoms with Gasteiger partial charge >= 0.3 is 0 Å². The molecule has 0 aromatic rings. The van der Waals surface area contributed by atoms with Crippen molar-refractivity contribution >= 4 is 5.91 Å². The number of amides is 1. The van der Waals surface area contributed by atoms with Gasteiger partial charge in [0.1, 0.15) is 0 Å². The Morgan fingerprint density at radius 2 is 1.83 bits per heavy atom. The van der Waals surface area contributed by atoms with E-state index >= 15 is 0 Å². The van der Waals surface area contributed by atoms with Gasteiger partial charge in [-0.25, -0.2) is 0 Å². The highest BCUT2D eigenvalue weighted by Gasteiger charge is 2.48. The largest absolute Gasteiger partial charge is 0.394 e. The quantitative estimate of drug-likeness (QED) is 0.814. The van der Waals surface area contributed by atoms with E-state index in [0.29, 0.717) is 18.4 Å². The smallest absolute Gasteiger partial charge is 0.225 e. The van der Waals surface area contributed by atoms with Gasteiger partial charge in [0.15, 0.2) is 0 Å². The zero-order valence-electron chi connectivity index (χ0n) is 10.9. The molecule has 4 nitrogen and oxygen atoms in total. The summed E-state index contributed by atoms with van der Waals surface area (Å²) in [5, 5.41) is 8.72. The van der Waals surface area contributed by atoms with E-state index in [0.717, 1.165) is 50.6 Å². The lowest BCUT2D eigenvalue weighted by Crippen LogP contribution is -2.43. The summed E-state index contributed by atoms with van der Waals surface area (Å²) in [7, 11) is 0. The first-order valence-corrected chi connectivity index (χ1v) is 7.29. The number of carbonyl (C=O) groups is 1. The van der Waals surface area contributed by atoms with E-state index in [1.165, 1.54) is 6.42 Å². The van der Waals surface area contributed by atoms with E-state index in [1.807, 2.05) is 4.90 Å². The molecule has 0 spiro atoms. The van der Waals surface area contributed by atoms with Crippen molar-refractivity contribution in [3.8, 4) is 0 Å². The summed E-state index contributed by atoms with van der Waals surface area (Å²) in [6.07, 6.45) is 5.74. The Hall–Kier alpha value is -0.610. The van der Waals surface area contributed by atoms with Crippen molar-refractivity contribution < 1.29 is 14.6 Å². The summed E-state index contributed by atoms with van der Waals surface area (Å²) in [5.41, 5.74) is 0. The van der Waals surface area contributed by atoms with Crippen LogP contribution in [0.5, 0.6) is 0 Å². The number of rotatable bonds is 4. The van der Waals surface area contributed by atoms with Gasteiger partial charge in [-0.2, -0.15) is 0 Å². The molecule has 0 bridgehead atoms.